The molecule has 4 heteroatoms. The second kappa shape index (κ2) is 5.46. The van der Waals surface area contributed by atoms with E-state index in [0.29, 0.717) is 0 Å². The molecule has 0 spiro atoms. The molecule has 1 saturated heterocycles. The molecule has 0 aromatic carbocycles. The lowest BCUT2D eigenvalue weighted by Crippen LogP contribution is -2.35. The highest BCUT2D eigenvalue weighted by atomic mass is 15.2. The first-order valence-corrected chi connectivity index (χ1v) is 6.21. The average Bonchev–Trinajstić information content (AvgIpc) is 2.88. The fourth-order valence-electron chi connectivity index (χ4n) is 2.38. The van der Waals surface area contributed by atoms with Crippen molar-refractivity contribution in [3.05, 3.63) is 18.2 Å². The summed E-state index contributed by atoms with van der Waals surface area (Å²) in [6.07, 6.45) is 6.53. The first kappa shape index (κ1) is 11.6. The van der Waals surface area contributed by atoms with Gasteiger partial charge in [-0.3, -0.25) is 0 Å². The number of imidazole rings is 1. The van der Waals surface area contributed by atoms with Gasteiger partial charge in [0.15, 0.2) is 0 Å². The molecule has 1 aromatic rings. The Morgan fingerprint density at radius 3 is 3.12 bits per heavy atom. The number of nitrogens with zero attached hydrogens (tertiary/aromatic N) is 3. The van der Waals surface area contributed by atoms with E-state index in [1.807, 2.05) is 12.5 Å². The number of aryl methyl sites for hydroxylation is 1. The van der Waals surface area contributed by atoms with Crippen molar-refractivity contribution in [2.24, 2.45) is 0 Å². The van der Waals surface area contributed by atoms with Crippen LogP contribution in [-0.2, 0) is 13.1 Å². The van der Waals surface area contributed by atoms with Crippen LogP contribution in [0, 0.1) is 0 Å². The minimum absolute atomic E-state index is 0.720. The smallest absolute Gasteiger partial charge is 0.0948 e. The third kappa shape index (κ3) is 2.62. The summed E-state index contributed by atoms with van der Waals surface area (Å²) in [5.41, 5.74) is 1.28. The van der Waals surface area contributed by atoms with Gasteiger partial charge in [0.2, 0.25) is 0 Å². The van der Waals surface area contributed by atoms with E-state index >= 15 is 0 Å². The van der Waals surface area contributed by atoms with Gasteiger partial charge in [-0.2, -0.15) is 0 Å². The molecule has 0 radical (unpaired) electrons. The first-order valence-electron chi connectivity index (χ1n) is 6.21. The molecule has 0 amide bonds. The highest BCUT2D eigenvalue weighted by Gasteiger charge is 2.19. The Balaban J connectivity index is 1.75. The zero-order valence-corrected chi connectivity index (χ0v) is 10.3. The quantitative estimate of drug-likeness (QED) is 0.809. The van der Waals surface area contributed by atoms with E-state index in [0.717, 1.165) is 25.7 Å². The Morgan fingerprint density at radius 2 is 2.44 bits per heavy atom. The molecule has 1 unspecified atom stereocenters. The number of likely N-dealkylation sites (N-methyl/N-ethyl adjacent to an activating group) is 1. The molecule has 2 heterocycles. The largest absolute Gasteiger partial charge is 0.334 e. The molecule has 4 nitrogen and oxygen atoms in total. The Bertz CT molecular complexity index is 321. The predicted molar refractivity (Wildman–Crippen MR) is 65.3 cm³/mol. The molecule has 2 rings (SSSR count). The number of rotatable bonds is 5. The fourth-order valence-corrected chi connectivity index (χ4v) is 2.38. The van der Waals surface area contributed by atoms with E-state index in [1.165, 1.54) is 25.1 Å². The highest BCUT2D eigenvalue weighted by Crippen LogP contribution is 2.13. The number of aromatic nitrogens is 2. The average molecular weight is 222 g/mol. The number of likely N-dealkylation sites (tertiary alicyclic amines) is 1. The van der Waals surface area contributed by atoms with Gasteiger partial charge >= 0.3 is 0 Å². The third-order valence-corrected chi connectivity index (χ3v) is 3.50. The van der Waals surface area contributed by atoms with Gasteiger partial charge in [0.05, 0.1) is 12.0 Å². The highest BCUT2D eigenvalue weighted by molar-refractivity contribution is 4.97. The Morgan fingerprint density at radius 1 is 1.56 bits per heavy atom. The summed E-state index contributed by atoms with van der Waals surface area (Å²) in [7, 11) is 2.22. The van der Waals surface area contributed by atoms with Crippen LogP contribution in [0.1, 0.15) is 25.5 Å². The summed E-state index contributed by atoms with van der Waals surface area (Å²) in [5, 5.41) is 3.53. The van der Waals surface area contributed by atoms with Crippen molar-refractivity contribution in [1.29, 1.82) is 0 Å². The molecule has 1 atom stereocenters. The molecule has 1 aliphatic rings. The molecule has 1 fully saturated rings. The second-order valence-electron chi connectivity index (χ2n) is 4.58. The number of hydrogen-bond donors (Lipinski definition) is 1. The second-order valence-corrected chi connectivity index (χ2v) is 4.58. The van der Waals surface area contributed by atoms with Crippen molar-refractivity contribution in [2.75, 3.05) is 20.1 Å². The summed E-state index contributed by atoms with van der Waals surface area (Å²) in [5.74, 6) is 0. The summed E-state index contributed by atoms with van der Waals surface area (Å²) >= 11 is 0. The molecule has 1 aromatic heterocycles. The van der Waals surface area contributed by atoms with Gasteiger partial charge in [0, 0.05) is 31.9 Å². The summed E-state index contributed by atoms with van der Waals surface area (Å²) in [6.45, 7) is 6.42. The fraction of sp³-hybridized carbons (Fsp3) is 0.750. The van der Waals surface area contributed by atoms with Crippen LogP contribution in [0.4, 0.5) is 0 Å². The standard InChI is InChI=1S/C12H22N4/c1-3-16-10-14-9-12(16)8-13-7-11-5-4-6-15(11)2/h9-11,13H,3-8H2,1-2H3. The van der Waals surface area contributed by atoms with E-state index < -0.39 is 0 Å². The lowest BCUT2D eigenvalue weighted by Gasteiger charge is -2.19. The lowest BCUT2D eigenvalue weighted by atomic mass is 10.2. The van der Waals surface area contributed by atoms with Crippen molar-refractivity contribution in [1.82, 2.24) is 19.8 Å². The van der Waals surface area contributed by atoms with Crippen LogP contribution in [0.3, 0.4) is 0 Å². The molecule has 1 aliphatic heterocycles. The van der Waals surface area contributed by atoms with Crippen LogP contribution in [0.5, 0.6) is 0 Å². The van der Waals surface area contributed by atoms with Crippen molar-refractivity contribution in [2.45, 2.75) is 38.9 Å². The van der Waals surface area contributed by atoms with Crippen LogP contribution >= 0.6 is 0 Å². The van der Waals surface area contributed by atoms with E-state index in [-0.39, 0.29) is 0 Å². The maximum absolute atomic E-state index is 4.17. The topological polar surface area (TPSA) is 33.1 Å². The number of nitrogens with one attached hydrogen (secondary N) is 1. The monoisotopic (exact) mass is 222 g/mol. The van der Waals surface area contributed by atoms with Crippen LogP contribution < -0.4 is 5.32 Å². The Hall–Kier alpha value is -0.870. The number of hydrogen-bond acceptors (Lipinski definition) is 3. The minimum atomic E-state index is 0.720. The van der Waals surface area contributed by atoms with Gasteiger partial charge in [-0.25, -0.2) is 4.98 Å². The van der Waals surface area contributed by atoms with Gasteiger partial charge in [-0.05, 0) is 33.4 Å². The first-order chi connectivity index (χ1) is 7.81. The van der Waals surface area contributed by atoms with E-state index in [2.05, 4.69) is 33.7 Å². The summed E-state index contributed by atoms with van der Waals surface area (Å²) in [6, 6.07) is 0.720. The molecule has 0 bridgehead atoms. The van der Waals surface area contributed by atoms with Gasteiger partial charge < -0.3 is 14.8 Å². The molecule has 1 N–H and O–H groups in total. The SMILES string of the molecule is CCn1cncc1CNCC1CCCN1C. The zero-order chi connectivity index (χ0) is 11.4. The lowest BCUT2D eigenvalue weighted by molar-refractivity contribution is 0.299. The van der Waals surface area contributed by atoms with Crippen LogP contribution in [0.25, 0.3) is 0 Å². The molecular weight excluding hydrogens is 200 g/mol. The van der Waals surface area contributed by atoms with Crippen LogP contribution in [0.15, 0.2) is 12.5 Å². The van der Waals surface area contributed by atoms with Crippen molar-refractivity contribution >= 4 is 0 Å². The molecule has 0 saturated carbocycles. The zero-order valence-electron chi connectivity index (χ0n) is 10.3. The maximum Gasteiger partial charge on any atom is 0.0948 e. The van der Waals surface area contributed by atoms with Crippen molar-refractivity contribution < 1.29 is 0 Å². The third-order valence-electron chi connectivity index (χ3n) is 3.50. The molecule has 0 aliphatic carbocycles. The maximum atomic E-state index is 4.17. The van der Waals surface area contributed by atoms with E-state index in [9.17, 15) is 0 Å². The molecular formula is C12H22N4. The molecule has 90 valence electrons. The van der Waals surface area contributed by atoms with E-state index in [4.69, 9.17) is 0 Å². The minimum Gasteiger partial charge on any atom is -0.334 e. The Labute approximate surface area is 97.7 Å². The van der Waals surface area contributed by atoms with Crippen LogP contribution in [-0.4, -0.2) is 40.6 Å². The Kier molecular flexibility index (Phi) is 3.96. The van der Waals surface area contributed by atoms with Crippen LogP contribution in [0.2, 0.25) is 0 Å². The van der Waals surface area contributed by atoms with Gasteiger partial charge in [0.1, 0.15) is 0 Å². The van der Waals surface area contributed by atoms with Gasteiger partial charge in [-0.15, -0.1) is 0 Å². The van der Waals surface area contributed by atoms with E-state index in [1.54, 1.807) is 0 Å². The van der Waals surface area contributed by atoms with Crippen molar-refractivity contribution in [3.8, 4) is 0 Å². The summed E-state index contributed by atoms with van der Waals surface area (Å²) in [4.78, 5) is 6.62. The predicted octanol–water partition coefficient (Wildman–Crippen LogP) is 1.09. The summed E-state index contributed by atoms with van der Waals surface area (Å²) < 4.78 is 2.19. The van der Waals surface area contributed by atoms with Gasteiger partial charge in [0.25, 0.3) is 0 Å². The normalized spacial score (nSPS) is 21.8. The van der Waals surface area contributed by atoms with Crippen molar-refractivity contribution in [3.63, 3.8) is 0 Å². The van der Waals surface area contributed by atoms with Gasteiger partial charge in [-0.1, -0.05) is 0 Å². The molecule has 16 heavy (non-hydrogen) atoms.